The second-order valence-corrected chi connectivity index (χ2v) is 6.30. The molecule has 1 amide bonds. The standard InChI is InChI=1S/C16H12ClFN2OS/c1-10(22-12-6-7-14(18)13(17)8-12)16(21)20-15-5-3-2-4-11(15)9-19/h2-8,10H,1H3,(H,20,21)/t10-/m0/s1. The van der Waals surface area contributed by atoms with Crippen LogP contribution in [0.25, 0.3) is 0 Å². The molecular formula is C16H12ClFN2OS. The third-order valence-electron chi connectivity index (χ3n) is 2.88. The van der Waals surface area contributed by atoms with Crippen LogP contribution in [0.15, 0.2) is 47.4 Å². The largest absolute Gasteiger partial charge is 0.324 e. The summed E-state index contributed by atoms with van der Waals surface area (Å²) in [6.07, 6.45) is 0. The fourth-order valence-electron chi connectivity index (χ4n) is 1.73. The normalized spacial score (nSPS) is 11.5. The number of rotatable bonds is 4. The van der Waals surface area contributed by atoms with E-state index in [9.17, 15) is 9.18 Å². The maximum Gasteiger partial charge on any atom is 0.237 e. The zero-order chi connectivity index (χ0) is 16.1. The molecule has 0 spiro atoms. The number of carbonyl (C=O) groups excluding carboxylic acids is 1. The molecule has 0 saturated heterocycles. The smallest absolute Gasteiger partial charge is 0.237 e. The van der Waals surface area contributed by atoms with E-state index in [-0.39, 0.29) is 10.9 Å². The predicted molar refractivity (Wildman–Crippen MR) is 86.5 cm³/mol. The number of para-hydroxylation sites is 1. The number of amides is 1. The van der Waals surface area contributed by atoms with Gasteiger partial charge in [-0.1, -0.05) is 23.7 Å². The molecule has 0 aromatic heterocycles. The highest BCUT2D eigenvalue weighted by atomic mass is 35.5. The Balaban J connectivity index is 2.06. The van der Waals surface area contributed by atoms with Crippen LogP contribution in [-0.4, -0.2) is 11.2 Å². The van der Waals surface area contributed by atoms with E-state index in [1.165, 1.54) is 23.9 Å². The van der Waals surface area contributed by atoms with E-state index in [1.807, 2.05) is 6.07 Å². The van der Waals surface area contributed by atoms with Crippen molar-refractivity contribution in [2.45, 2.75) is 17.1 Å². The Bertz CT molecular complexity index is 745. The van der Waals surface area contributed by atoms with Gasteiger partial charge in [-0.15, -0.1) is 11.8 Å². The van der Waals surface area contributed by atoms with Gasteiger partial charge in [0.1, 0.15) is 11.9 Å². The van der Waals surface area contributed by atoms with Gasteiger partial charge in [-0.25, -0.2) is 4.39 Å². The van der Waals surface area contributed by atoms with Crippen molar-refractivity contribution in [2.75, 3.05) is 5.32 Å². The summed E-state index contributed by atoms with van der Waals surface area (Å²) in [5.74, 6) is -0.737. The lowest BCUT2D eigenvalue weighted by atomic mass is 10.2. The van der Waals surface area contributed by atoms with Gasteiger partial charge in [0.25, 0.3) is 0 Å². The van der Waals surface area contributed by atoms with Gasteiger partial charge in [0.15, 0.2) is 0 Å². The predicted octanol–water partition coefficient (Wildman–Crippen LogP) is 4.47. The zero-order valence-electron chi connectivity index (χ0n) is 11.6. The number of anilines is 1. The van der Waals surface area contributed by atoms with Crippen LogP contribution in [0.3, 0.4) is 0 Å². The first-order chi connectivity index (χ1) is 10.5. The lowest BCUT2D eigenvalue weighted by molar-refractivity contribution is -0.115. The summed E-state index contributed by atoms with van der Waals surface area (Å²) in [6.45, 7) is 1.73. The molecule has 0 bridgehead atoms. The number of nitrogens with zero attached hydrogens (tertiary/aromatic N) is 1. The Morgan fingerprint density at radius 1 is 1.36 bits per heavy atom. The zero-order valence-corrected chi connectivity index (χ0v) is 13.2. The minimum Gasteiger partial charge on any atom is -0.324 e. The highest BCUT2D eigenvalue weighted by Gasteiger charge is 2.16. The summed E-state index contributed by atoms with van der Waals surface area (Å²) in [5.41, 5.74) is 0.873. The van der Waals surface area contributed by atoms with Crippen LogP contribution >= 0.6 is 23.4 Å². The van der Waals surface area contributed by atoms with E-state index in [0.717, 1.165) is 0 Å². The fraction of sp³-hybridized carbons (Fsp3) is 0.125. The van der Waals surface area contributed by atoms with Crippen molar-refractivity contribution in [3.8, 4) is 6.07 Å². The van der Waals surface area contributed by atoms with Crippen molar-refractivity contribution in [1.82, 2.24) is 0 Å². The van der Waals surface area contributed by atoms with Gasteiger partial charge in [-0.2, -0.15) is 5.26 Å². The monoisotopic (exact) mass is 334 g/mol. The molecule has 0 saturated carbocycles. The van der Waals surface area contributed by atoms with Crippen LogP contribution in [0, 0.1) is 17.1 Å². The molecule has 2 aromatic carbocycles. The molecule has 0 aliphatic carbocycles. The molecule has 2 aromatic rings. The average molecular weight is 335 g/mol. The number of nitrogens with one attached hydrogen (secondary N) is 1. The van der Waals surface area contributed by atoms with E-state index in [0.29, 0.717) is 16.1 Å². The molecule has 22 heavy (non-hydrogen) atoms. The molecule has 1 atom stereocenters. The number of hydrogen-bond acceptors (Lipinski definition) is 3. The summed E-state index contributed by atoms with van der Waals surface area (Å²) in [7, 11) is 0. The molecule has 0 aliphatic rings. The summed E-state index contributed by atoms with van der Waals surface area (Å²) >= 11 is 6.98. The van der Waals surface area contributed by atoms with Crippen molar-refractivity contribution in [2.24, 2.45) is 0 Å². The van der Waals surface area contributed by atoms with Crippen molar-refractivity contribution >= 4 is 35.0 Å². The van der Waals surface area contributed by atoms with Crippen LogP contribution in [0.2, 0.25) is 5.02 Å². The lowest BCUT2D eigenvalue weighted by Gasteiger charge is -2.13. The number of thioether (sulfide) groups is 1. The molecule has 0 heterocycles. The summed E-state index contributed by atoms with van der Waals surface area (Å²) in [5, 5.41) is 11.3. The second kappa shape index (κ2) is 7.30. The van der Waals surface area contributed by atoms with Crippen LogP contribution in [0.4, 0.5) is 10.1 Å². The molecule has 0 aliphatic heterocycles. The highest BCUT2D eigenvalue weighted by molar-refractivity contribution is 8.00. The minimum atomic E-state index is -0.494. The van der Waals surface area contributed by atoms with Gasteiger partial charge >= 0.3 is 0 Å². The van der Waals surface area contributed by atoms with E-state index in [1.54, 1.807) is 37.3 Å². The van der Waals surface area contributed by atoms with Crippen LogP contribution in [0.5, 0.6) is 0 Å². The number of halogens is 2. The molecule has 112 valence electrons. The molecule has 0 radical (unpaired) electrons. The Morgan fingerprint density at radius 3 is 2.77 bits per heavy atom. The minimum absolute atomic E-state index is 0.0208. The number of benzene rings is 2. The SMILES string of the molecule is C[C@H](Sc1ccc(F)c(Cl)c1)C(=O)Nc1ccccc1C#N. The van der Waals surface area contributed by atoms with Crippen LogP contribution in [0.1, 0.15) is 12.5 Å². The summed E-state index contributed by atoms with van der Waals surface area (Å²) in [6, 6.07) is 13.1. The van der Waals surface area contributed by atoms with Crippen LogP contribution in [-0.2, 0) is 4.79 Å². The summed E-state index contributed by atoms with van der Waals surface area (Å²) in [4.78, 5) is 12.9. The van der Waals surface area contributed by atoms with Gasteiger partial charge in [-0.05, 0) is 37.3 Å². The topological polar surface area (TPSA) is 52.9 Å². The van der Waals surface area contributed by atoms with Crippen LogP contribution < -0.4 is 5.32 Å². The molecule has 2 rings (SSSR count). The first kappa shape index (κ1) is 16.3. The van der Waals surface area contributed by atoms with Gasteiger partial charge in [0, 0.05) is 4.90 Å². The van der Waals surface area contributed by atoms with Gasteiger partial charge < -0.3 is 5.32 Å². The van der Waals surface area contributed by atoms with E-state index in [2.05, 4.69) is 5.32 Å². The maximum atomic E-state index is 13.1. The first-order valence-corrected chi connectivity index (χ1v) is 7.68. The molecule has 0 fully saturated rings. The Morgan fingerprint density at radius 2 is 2.09 bits per heavy atom. The number of carbonyl (C=O) groups is 1. The average Bonchev–Trinajstić information content (AvgIpc) is 2.51. The third-order valence-corrected chi connectivity index (χ3v) is 4.26. The highest BCUT2D eigenvalue weighted by Crippen LogP contribution is 2.28. The molecule has 1 N–H and O–H groups in total. The quantitative estimate of drug-likeness (QED) is 0.839. The maximum absolute atomic E-state index is 13.1. The second-order valence-electron chi connectivity index (χ2n) is 4.48. The van der Waals surface area contributed by atoms with Crippen molar-refractivity contribution in [1.29, 1.82) is 5.26 Å². The number of nitriles is 1. The first-order valence-electron chi connectivity index (χ1n) is 6.43. The van der Waals surface area contributed by atoms with E-state index < -0.39 is 11.1 Å². The Hall–Kier alpha value is -2.03. The van der Waals surface area contributed by atoms with E-state index >= 15 is 0 Å². The molecular weight excluding hydrogens is 323 g/mol. The Kier molecular flexibility index (Phi) is 5.42. The Labute approximate surface area is 137 Å². The molecule has 3 nitrogen and oxygen atoms in total. The molecule has 0 unspecified atom stereocenters. The van der Waals surface area contributed by atoms with Gasteiger partial charge in [-0.3, -0.25) is 4.79 Å². The fourth-order valence-corrected chi connectivity index (χ4v) is 2.88. The lowest BCUT2D eigenvalue weighted by Crippen LogP contribution is -2.22. The van der Waals surface area contributed by atoms with Gasteiger partial charge in [0.05, 0.1) is 21.5 Å². The molecule has 6 heteroatoms. The van der Waals surface area contributed by atoms with Crippen molar-refractivity contribution in [3.63, 3.8) is 0 Å². The van der Waals surface area contributed by atoms with E-state index in [4.69, 9.17) is 16.9 Å². The summed E-state index contributed by atoms with van der Waals surface area (Å²) < 4.78 is 13.1. The van der Waals surface area contributed by atoms with Crippen molar-refractivity contribution in [3.05, 3.63) is 58.9 Å². The third kappa shape index (κ3) is 4.00. The van der Waals surface area contributed by atoms with Gasteiger partial charge in [0.2, 0.25) is 5.91 Å². The van der Waals surface area contributed by atoms with Crippen molar-refractivity contribution < 1.29 is 9.18 Å². The number of hydrogen-bond donors (Lipinski definition) is 1.